The van der Waals surface area contributed by atoms with E-state index in [1.165, 1.54) is 4.90 Å². The molecular weight excluding hydrogens is 304 g/mol. The first kappa shape index (κ1) is 16.8. The van der Waals surface area contributed by atoms with Crippen molar-refractivity contribution in [2.75, 3.05) is 13.2 Å². The molecule has 1 heterocycles. The van der Waals surface area contributed by atoms with Crippen LogP contribution in [0.5, 0.6) is 5.75 Å². The van der Waals surface area contributed by atoms with Crippen molar-refractivity contribution in [3.8, 4) is 5.75 Å². The van der Waals surface area contributed by atoms with Gasteiger partial charge in [-0.2, -0.15) is 0 Å². The third-order valence-corrected chi connectivity index (χ3v) is 5.52. The van der Waals surface area contributed by atoms with E-state index in [0.29, 0.717) is 19.6 Å². The van der Waals surface area contributed by atoms with E-state index in [1.54, 1.807) is 0 Å². The van der Waals surface area contributed by atoms with Gasteiger partial charge in [-0.3, -0.25) is 9.69 Å². The van der Waals surface area contributed by atoms with E-state index >= 15 is 0 Å². The first-order valence-corrected chi connectivity index (χ1v) is 8.87. The van der Waals surface area contributed by atoms with Crippen molar-refractivity contribution in [3.05, 3.63) is 30.3 Å². The average molecular weight is 330 g/mol. The Balaban J connectivity index is 1.58. The summed E-state index contributed by atoms with van der Waals surface area (Å²) >= 11 is 0. The number of imide groups is 1. The Morgan fingerprint density at radius 1 is 1.17 bits per heavy atom. The predicted molar refractivity (Wildman–Crippen MR) is 91.7 cm³/mol. The van der Waals surface area contributed by atoms with Gasteiger partial charge in [0, 0.05) is 6.54 Å². The van der Waals surface area contributed by atoms with Crippen LogP contribution in [-0.4, -0.2) is 35.5 Å². The number of amides is 3. The Morgan fingerprint density at radius 2 is 1.83 bits per heavy atom. The third-order valence-electron chi connectivity index (χ3n) is 5.52. The minimum absolute atomic E-state index is 0.0492. The fourth-order valence-electron chi connectivity index (χ4n) is 4.09. The molecule has 5 nitrogen and oxygen atoms in total. The predicted octanol–water partition coefficient (Wildman–Crippen LogP) is 3.20. The molecule has 0 bridgehead atoms. The van der Waals surface area contributed by atoms with Gasteiger partial charge in [0.15, 0.2) is 0 Å². The van der Waals surface area contributed by atoms with Gasteiger partial charge in [0.25, 0.3) is 5.91 Å². The van der Waals surface area contributed by atoms with Crippen molar-refractivity contribution in [1.29, 1.82) is 0 Å². The summed E-state index contributed by atoms with van der Waals surface area (Å²) < 4.78 is 5.65. The number of para-hydroxylation sites is 1. The molecule has 1 spiro atoms. The summed E-state index contributed by atoms with van der Waals surface area (Å²) in [5, 5.41) is 3.02. The summed E-state index contributed by atoms with van der Waals surface area (Å²) in [6, 6.07) is 9.32. The zero-order valence-electron chi connectivity index (χ0n) is 14.5. The SMILES string of the molecule is CC1CCCC(C)C12NC(=O)N(CCCOc1ccccc1)C2=O. The van der Waals surface area contributed by atoms with Crippen molar-refractivity contribution < 1.29 is 14.3 Å². The molecule has 1 saturated carbocycles. The van der Waals surface area contributed by atoms with Crippen LogP contribution in [0.3, 0.4) is 0 Å². The van der Waals surface area contributed by atoms with Crippen LogP contribution in [0.1, 0.15) is 39.5 Å². The number of hydrogen-bond donors (Lipinski definition) is 1. The Labute approximate surface area is 143 Å². The lowest BCUT2D eigenvalue weighted by Crippen LogP contribution is -2.58. The summed E-state index contributed by atoms with van der Waals surface area (Å²) in [7, 11) is 0. The Bertz CT molecular complexity index is 592. The molecule has 1 saturated heterocycles. The summed E-state index contributed by atoms with van der Waals surface area (Å²) in [5.74, 6) is 1.12. The standard InChI is InChI=1S/C19H26N2O3/c1-14-8-6-9-15(2)19(14)17(22)21(18(23)20-19)12-7-13-24-16-10-4-3-5-11-16/h3-5,10-11,14-15H,6-9,12-13H2,1-2H3,(H,20,23). The number of nitrogens with zero attached hydrogens (tertiary/aromatic N) is 1. The van der Waals surface area contributed by atoms with Crippen molar-refractivity contribution in [2.45, 2.75) is 45.1 Å². The highest BCUT2D eigenvalue weighted by molar-refractivity contribution is 6.07. The lowest BCUT2D eigenvalue weighted by Gasteiger charge is -2.42. The highest BCUT2D eigenvalue weighted by atomic mass is 16.5. The number of hydrogen-bond acceptors (Lipinski definition) is 3. The molecule has 2 fully saturated rings. The molecule has 1 aromatic rings. The second kappa shape index (κ2) is 6.83. The molecular formula is C19H26N2O3. The first-order valence-electron chi connectivity index (χ1n) is 8.87. The highest BCUT2D eigenvalue weighted by Gasteiger charge is 2.58. The summed E-state index contributed by atoms with van der Waals surface area (Å²) in [6.07, 6.45) is 3.73. The molecule has 1 aromatic carbocycles. The second-order valence-electron chi connectivity index (χ2n) is 7.00. The van der Waals surface area contributed by atoms with E-state index in [-0.39, 0.29) is 23.8 Å². The quantitative estimate of drug-likeness (QED) is 0.666. The highest BCUT2D eigenvalue weighted by Crippen LogP contribution is 2.42. The van der Waals surface area contributed by atoms with E-state index in [4.69, 9.17) is 4.74 Å². The number of benzene rings is 1. The van der Waals surface area contributed by atoms with Crippen LogP contribution >= 0.6 is 0 Å². The van der Waals surface area contributed by atoms with Crippen LogP contribution in [0.4, 0.5) is 4.79 Å². The first-order chi connectivity index (χ1) is 11.6. The summed E-state index contributed by atoms with van der Waals surface area (Å²) in [4.78, 5) is 26.7. The Kier molecular flexibility index (Phi) is 4.78. The maximum absolute atomic E-state index is 13.0. The maximum atomic E-state index is 13.0. The molecule has 3 amide bonds. The minimum Gasteiger partial charge on any atom is -0.494 e. The second-order valence-corrected chi connectivity index (χ2v) is 7.00. The van der Waals surface area contributed by atoms with Gasteiger partial charge in [0.05, 0.1) is 6.61 Å². The van der Waals surface area contributed by atoms with E-state index in [1.807, 2.05) is 30.3 Å². The van der Waals surface area contributed by atoms with Gasteiger partial charge in [-0.15, -0.1) is 0 Å². The number of carbonyl (C=O) groups is 2. The summed E-state index contributed by atoms with van der Waals surface area (Å²) in [5.41, 5.74) is -0.699. The van der Waals surface area contributed by atoms with Crippen molar-refractivity contribution in [1.82, 2.24) is 10.2 Å². The number of ether oxygens (including phenoxy) is 1. The molecule has 1 aliphatic carbocycles. The third kappa shape index (κ3) is 2.87. The van der Waals surface area contributed by atoms with Gasteiger partial charge in [0.1, 0.15) is 11.3 Å². The number of nitrogens with one attached hydrogen (secondary N) is 1. The normalized spacial score (nSPS) is 29.8. The molecule has 130 valence electrons. The van der Waals surface area contributed by atoms with E-state index < -0.39 is 5.54 Å². The van der Waals surface area contributed by atoms with Crippen LogP contribution in [0, 0.1) is 11.8 Å². The van der Waals surface area contributed by atoms with Crippen LogP contribution in [0.15, 0.2) is 30.3 Å². The Hall–Kier alpha value is -2.04. The maximum Gasteiger partial charge on any atom is 0.325 e. The van der Waals surface area contributed by atoms with Crippen LogP contribution in [0.25, 0.3) is 0 Å². The average Bonchev–Trinajstić information content (AvgIpc) is 2.83. The molecule has 1 N–H and O–H groups in total. The van der Waals surface area contributed by atoms with Gasteiger partial charge in [-0.05, 0) is 43.2 Å². The van der Waals surface area contributed by atoms with Gasteiger partial charge < -0.3 is 10.1 Å². The van der Waals surface area contributed by atoms with Crippen molar-refractivity contribution in [3.63, 3.8) is 0 Å². The van der Waals surface area contributed by atoms with Gasteiger partial charge in [0.2, 0.25) is 0 Å². The van der Waals surface area contributed by atoms with Gasteiger partial charge in [-0.25, -0.2) is 4.79 Å². The smallest absolute Gasteiger partial charge is 0.325 e. The number of urea groups is 1. The fraction of sp³-hybridized carbons (Fsp3) is 0.579. The van der Waals surface area contributed by atoms with Crippen LogP contribution < -0.4 is 10.1 Å². The lowest BCUT2D eigenvalue weighted by atomic mass is 9.67. The molecule has 0 aromatic heterocycles. The summed E-state index contributed by atoms with van der Waals surface area (Å²) in [6.45, 7) is 5.05. The van der Waals surface area contributed by atoms with Gasteiger partial charge >= 0.3 is 6.03 Å². The monoisotopic (exact) mass is 330 g/mol. The fourth-order valence-corrected chi connectivity index (χ4v) is 4.09. The van der Waals surface area contributed by atoms with Crippen LogP contribution in [-0.2, 0) is 4.79 Å². The topological polar surface area (TPSA) is 58.6 Å². The van der Waals surface area contributed by atoms with E-state index in [2.05, 4.69) is 19.2 Å². The number of carbonyl (C=O) groups excluding carboxylic acids is 2. The number of rotatable bonds is 5. The molecule has 0 radical (unpaired) electrons. The zero-order chi connectivity index (χ0) is 17.2. The molecule has 2 atom stereocenters. The molecule has 3 rings (SSSR count). The molecule has 2 unspecified atom stereocenters. The van der Waals surface area contributed by atoms with Gasteiger partial charge in [-0.1, -0.05) is 38.5 Å². The van der Waals surface area contributed by atoms with E-state index in [9.17, 15) is 9.59 Å². The zero-order valence-corrected chi connectivity index (χ0v) is 14.5. The lowest BCUT2D eigenvalue weighted by molar-refractivity contribution is -0.136. The molecule has 5 heteroatoms. The van der Waals surface area contributed by atoms with Crippen molar-refractivity contribution >= 4 is 11.9 Å². The van der Waals surface area contributed by atoms with Crippen molar-refractivity contribution in [2.24, 2.45) is 11.8 Å². The molecule has 24 heavy (non-hydrogen) atoms. The Morgan fingerprint density at radius 3 is 2.50 bits per heavy atom. The van der Waals surface area contributed by atoms with E-state index in [0.717, 1.165) is 25.0 Å². The molecule has 1 aliphatic heterocycles. The van der Waals surface area contributed by atoms with Crippen LogP contribution in [0.2, 0.25) is 0 Å². The minimum atomic E-state index is -0.699. The largest absolute Gasteiger partial charge is 0.494 e. The molecule has 2 aliphatic rings.